The Bertz CT molecular complexity index is 1610. The zero-order chi connectivity index (χ0) is 32.5. The van der Waals surface area contributed by atoms with E-state index in [2.05, 4.69) is 24.3 Å². The summed E-state index contributed by atoms with van der Waals surface area (Å²) in [5, 5.41) is 0. The molecule has 46 heavy (non-hydrogen) atoms. The van der Waals surface area contributed by atoms with E-state index >= 15 is 0 Å². The van der Waals surface area contributed by atoms with Crippen LogP contribution in [0.25, 0.3) is 22.3 Å². The number of aliphatic imine (C=N–C) groups is 4. The van der Waals surface area contributed by atoms with Crippen molar-refractivity contribution in [2.75, 3.05) is 26.4 Å². The summed E-state index contributed by atoms with van der Waals surface area (Å²) in [5.74, 6) is 2.11. The van der Waals surface area contributed by atoms with Crippen molar-refractivity contribution in [3.63, 3.8) is 0 Å². The van der Waals surface area contributed by atoms with Gasteiger partial charge in [-0.1, -0.05) is 24.3 Å². The zero-order valence-electron chi connectivity index (χ0n) is 27.8. The van der Waals surface area contributed by atoms with Crippen LogP contribution in [0.1, 0.15) is 78.2 Å². The van der Waals surface area contributed by atoms with Gasteiger partial charge in [-0.15, -0.1) is 0 Å². The first-order chi connectivity index (χ1) is 21.6. The summed E-state index contributed by atoms with van der Waals surface area (Å²) >= 11 is 0. The Morgan fingerprint density at radius 2 is 0.630 bits per heavy atom. The van der Waals surface area contributed by atoms with Crippen LogP contribution in [-0.4, -0.2) is 82.1 Å². The molecule has 0 saturated heterocycles. The van der Waals surface area contributed by atoms with E-state index < -0.39 is 0 Å². The van der Waals surface area contributed by atoms with Gasteiger partial charge in [-0.2, -0.15) is 0 Å². The second-order valence-electron chi connectivity index (χ2n) is 14.9. The van der Waals surface area contributed by atoms with E-state index in [1.54, 1.807) is 0 Å². The molecule has 238 valence electrons. The maximum Gasteiger partial charge on any atom is 0.236 e. The average molecular weight is 621 g/mol. The Morgan fingerprint density at radius 3 is 0.826 bits per heavy atom. The molecule has 0 spiro atoms. The molecule has 0 unspecified atom stereocenters. The smallest absolute Gasteiger partial charge is 0.236 e. The molecule has 0 bridgehead atoms. The fourth-order valence-corrected chi connectivity index (χ4v) is 5.55. The van der Waals surface area contributed by atoms with Crippen LogP contribution in [0.4, 0.5) is 0 Å². The monoisotopic (exact) mass is 620 g/mol. The minimum atomic E-state index is -0.309. The highest BCUT2D eigenvalue weighted by Gasteiger charge is 2.33. The normalized spacial score (nSPS) is 21.7. The van der Waals surface area contributed by atoms with E-state index in [0.29, 0.717) is 72.8 Å². The molecule has 3 aromatic rings. The van der Waals surface area contributed by atoms with Crippen LogP contribution in [0.15, 0.2) is 68.5 Å². The molecule has 6 heterocycles. The van der Waals surface area contributed by atoms with Gasteiger partial charge in [0.05, 0.1) is 22.2 Å². The minimum Gasteiger partial charge on any atom is -0.474 e. The third-order valence-electron chi connectivity index (χ3n) is 7.94. The summed E-state index contributed by atoms with van der Waals surface area (Å²) in [6, 6.07) is 16.4. The molecule has 0 radical (unpaired) electrons. The van der Waals surface area contributed by atoms with E-state index in [1.165, 1.54) is 0 Å². The highest BCUT2D eigenvalue weighted by atomic mass is 16.5. The number of pyridine rings is 2. The van der Waals surface area contributed by atoms with Crippen molar-refractivity contribution < 1.29 is 18.9 Å². The van der Waals surface area contributed by atoms with Crippen LogP contribution >= 0.6 is 0 Å². The number of nitrogens with zero attached hydrogens (tertiary/aromatic N) is 6. The minimum absolute atomic E-state index is 0.309. The van der Waals surface area contributed by atoms with E-state index in [-0.39, 0.29) is 22.2 Å². The van der Waals surface area contributed by atoms with Crippen molar-refractivity contribution in [3.05, 3.63) is 71.3 Å². The van der Waals surface area contributed by atoms with Crippen LogP contribution in [0.2, 0.25) is 0 Å². The number of hydrogen-bond acceptors (Lipinski definition) is 10. The van der Waals surface area contributed by atoms with Crippen molar-refractivity contribution >= 4 is 23.6 Å². The van der Waals surface area contributed by atoms with Gasteiger partial charge in [0.1, 0.15) is 49.2 Å². The molecule has 0 aliphatic carbocycles. The lowest BCUT2D eigenvalue weighted by Gasteiger charge is -2.11. The molecule has 0 atom stereocenters. The number of benzene rings is 1. The van der Waals surface area contributed by atoms with E-state index in [0.717, 1.165) is 22.3 Å². The molecule has 10 nitrogen and oxygen atoms in total. The largest absolute Gasteiger partial charge is 0.474 e. The quantitative estimate of drug-likeness (QED) is 0.333. The van der Waals surface area contributed by atoms with Crippen LogP contribution in [0.5, 0.6) is 0 Å². The highest BCUT2D eigenvalue weighted by Crippen LogP contribution is 2.31. The number of aromatic nitrogens is 2. The molecule has 7 rings (SSSR count). The van der Waals surface area contributed by atoms with Crippen molar-refractivity contribution in [2.24, 2.45) is 20.0 Å². The molecule has 0 N–H and O–H groups in total. The standard InChI is InChI=1S/C36H40N6O4/c1-33(2)17-43-29(39-33)25-13-23(14-26(37-25)30-40-34(3,4)18-44-30)21-9-11-22(12-10-21)24-15-27(31-41-35(5,6)19-45-31)38-28(16-24)32-42-36(7,8)20-46-32/h9-16H,17-20H2,1-8H3. The average Bonchev–Trinajstić information content (AvgIpc) is 3.77. The van der Waals surface area contributed by atoms with Crippen molar-refractivity contribution in [1.29, 1.82) is 0 Å². The van der Waals surface area contributed by atoms with Gasteiger partial charge in [-0.05, 0) is 102 Å². The summed E-state index contributed by atoms with van der Waals surface area (Å²) in [7, 11) is 0. The van der Waals surface area contributed by atoms with Crippen molar-refractivity contribution in [1.82, 2.24) is 9.97 Å². The highest BCUT2D eigenvalue weighted by molar-refractivity contribution is 6.00. The predicted octanol–water partition coefficient (Wildman–Crippen LogP) is 6.03. The summed E-state index contributed by atoms with van der Waals surface area (Å²) in [5.41, 5.74) is 5.32. The van der Waals surface area contributed by atoms with Gasteiger partial charge in [0.2, 0.25) is 23.6 Å². The van der Waals surface area contributed by atoms with E-state index in [4.69, 9.17) is 48.9 Å². The first kappa shape index (κ1) is 30.1. The van der Waals surface area contributed by atoms with Crippen molar-refractivity contribution in [3.8, 4) is 22.3 Å². The fraction of sp³-hybridized carbons (Fsp3) is 0.444. The van der Waals surface area contributed by atoms with Gasteiger partial charge in [0.15, 0.2) is 0 Å². The summed E-state index contributed by atoms with van der Waals surface area (Å²) in [4.78, 5) is 28.9. The molecule has 4 aliphatic heterocycles. The molecular formula is C36H40N6O4. The lowest BCUT2D eigenvalue weighted by Crippen LogP contribution is -2.17. The lowest BCUT2D eigenvalue weighted by atomic mass is 9.99. The predicted molar refractivity (Wildman–Crippen MR) is 179 cm³/mol. The Balaban J connectivity index is 1.28. The molecular weight excluding hydrogens is 580 g/mol. The number of rotatable bonds is 6. The topological polar surface area (TPSA) is 112 Å². The molecule has 0 saturated carbocycles. The Morgan fingerprint density at radius 1 is 0.391 bits per heavy atom. The molecule has 1 aromatic carbocycles. The second kappa shape index (κ2) is 10.5. The van der Waals surface area contributed by atoms with Gasteiger partial charge >= 0.3 is 0 Å². The van der Waals surface area contributed by atoms with Crippen LogP contribution in [0, 0.1) is 0 Å². The SMILES string of the molecule is CC1(C)COC(c2cc(-c3ccc(-c4cc(C5=NC(C)(C)CO5)nc(C5=NC(C)(C)CO5)c4)cc3)cc(C3=NC(C)(C)CO3)n2)=N1. The molecule has 4 aliphatic rings. The third kappa shape index (κ3) is 6.12. The summed E-state index contributed by atoms with van der Waals surface area (Å²) in [6.07, 6.45) is 0. The van der Waals surface area contributed by atoms with E-state index in [9.17, 15) is 0 Å². The molecule has 2 aromatic heterocycles. The molecule has 10 heteroatoms. The van der Waals surface area contributed by atoms with Crippen LogP contribution < -0.4 is 0 Å². The summed E-state index contributed by atoms with van der Waals surface area (Å²) < 4.78 is 23.9. The second-order valence-corrected chi connectivity index (χ2v) is 14.9. The number of hydrogen-bond donors (Lipinski definition) is 0. The first-order valence-electron chi connectivity index (χ1n) is 15.7. The third-order valence-corrected chi connectivity index (χ3v) is 7.94. The van der Waals surface area contributed by atoms with Crippen molar-refractivity contribution in [2.45, 2.75) is 77.5 Å². The van der Waals surface area contributed by atoms with Gasteiger partial charge in [-0.3, -0.25) is 0 Å². The zero-order valence-corrected chi connectivity index (χ0v) is 27.8. The lowest BCUT2D eigenvalue weighted by molar-refractivity contribution is 0.278. The van der Waals surface area contributed by atoms with E-state index in [1.807, 2.05) is 79.7 Å². The van der Waals surface area contributed by atoms with Gasteiger partial charge in [0.25, 0.3) is 0 Å². The molecule has 0 amide bonds. The first-order valence-corrected chi connectivity index (χ1v) is 15.7. The number of ether oxygens (including phenoxy) is 4. The van der Waals surface area contributed by atoms with Crippen LogP contribution in [-0.2, 0) is 18.9 Å². The van der Waals surface area contributed by atoms with Crippen LogP contribution in [0.3, 0.4) is 0 Å². The van der Waals surface area contributed by atoms with Gasteiger partial charge in [0, 0.05) is 0 Å². The maximum atomic E-state index is 5.97. The summed E-state index contributed by atoms with van der Waals surface area (Å²) in [6.45, 7) is 18.4. The Labute approximate surface area is 269 Å². The maximum absolute atomic E-state index is 5.97. The molecule has 0 fully saturated rings. The van der Waals surface area contributed by atoms with Gasteiger partial charge < -0.3 is 18.9 Å². The Hall–Kier alpha value is -4.60. The Kier molecular flexibility index (Phi) is 6.84. The van der Waals surface area contributed by atoms with Gasteiger partial charge in [-0.25, -0.2) is 29.9 Å². The fourth-order valence-electron chi connectivity index (χ4n) is 5.55.